The first-order chi connectivity index (χ1) is 10.1. The van der Waals surface area contributed by atoms with E-state index < -0.39 is 0 Å². The minimum absolute atomic E-state index is 0.165. The summed E-state index contributed by atoms with van der Waals surface area (Å²) in [7, 11) is 0. The third-order valence-electron chi connectivity index (χ3n) is 4.18. The van der Waals surface area contributed by atoms with E-state index in [4.69, 9.17) is 0 Å². The van der Waals surface area contributed by atoms with Crippen molar-refractivity contribution in [1.29, 1.82) is 0 Å². The van der Waals surface area contributed by atoms with E-state index in [0.717, 1.165) is 5.69 Å². The molecule has 1 atom stereocenters. The van der Waals surface area contributed by atoms with E-state index in [1.165, 1.54) is 48.4 Å². The summed E-state index contributed by atoms with van der Waals surface area (Å²) >= 11 is 3.18. The molecule has 0 amide bonds. The molecule has 3 rings (SSSR count). The van der Waals surface area contributed by atoms with E-state index in [-0.39, 0.29) is 11.9 Å². The van der Waals surface area contributed by atoms with E-state index in [9.17, 15) is 4.39 Å². The van der Waals surface area contributed by atoms with Gasteiger partial charge < -0.3 is 5.32 Å². The van der Waals surface area contributed by atoms with Gasteiger partial charge in [0.05, 0.1) is 4.47 Å². The highest BCUT2D eigenvalue weighted by atomic mass is 79.9. The molecule has 0 fully saturated rings. The molecule has 21 heavy (non-hydrogen) atoms. The standard InChI is InChI=1S/C18H19BrFN/c1-12(21-16-8-9-17(19)18(20)11-16)14-7-6-13-4-2-3-5-15(13)10-14/h6-12,21H,2-5H2,1H3. The fraction of sp³-hybridized carbons (Fsp3) is 0.333. The van der Waals surface area contributed by atoms with E-state index in [1.54, 1.807) is 6.07 Å². The number of benzene rings is 2. The number of nitrogens with one attached hydrogen (secondary N) is 1. The maximum atomic E-state index is 13.6. The highest BCUT2D eigenvalue weighted by Crippen LogP contribution is 2.27. The Morgan fingerprint density at radius 1 is 1.05 bits per heavy atom. The van der Waals surface area contributed by atoms with Crippen LogP contribution in [0.15, 0.2) is 40.9 Å². The quantitative estimate of drug-likeness (QED) is 0.757. The number of halogens is 2. The van der Waals surface area contributed by atoms with E-state index in [0.29, 0.717) is 4.47 Å². The van der Waals surface area contributed by atoms with Gasteiger partial charge in [-0.1, -0.05) is 18.2 Å². The molecule has 1 nitrogen and oxygen atoms in total. The second-order valence-corrected chi connectivity index (χ2v) is 6.58. The minimum atomic E-state index is -0.238. The number of fused-ring (bicyclic) bond motifs is 1. The van der Waals surface area contributed by atoms with Gasteiger partial charge in [-0.3, -0.25) is 0 Å². The Labute approximate surface area is 133 Å². The molecule has 3 heteroatoms. The summed E-state index contributed by atoms with van der Waals surface area (Å²) < 4.78 is 14.1. The van der Waals surface area contributed by atoms with Crippen LogP contribution in [0.1, 0.15) is 42.5 Å². The van der Waals surface area contributed by atoms with Crippen LogP contribution in [-0.4, -0.2) is 0 Å². The Bertz CT molecular complexity index is 654. The topological polar surface area (TPSA) is 12.0 Å². The Balaban J connectivity index is 1.78. The lowest BCUT2D eigenvalue weighted by Gasteiger charge is -2.20. The van der Waals surface area contributed by atoms with Gasteiger partial charge in [0.2, 0.25) is 0 Å². The van der Waals surface area contributed by atoms with Gasteiger partial charge in [-0.15, -0.1) is 0 Å². The van der Waals surface area contributed by atoms with Crippen molar-refractivity contribution in [3.8, 4) is 0 Å². The highest BCUT2D eigenvalue weighted by molar-refractivity contribution is 9.10. The predicted octanol–water partition coefficient (Wildman–Crippen LogP) is 5.64. The van der Waals surface area contributed by atoms with Crippen LogP contribution in [0.3, 0.4) is 0 Å². The Hall–Kier alpha value is -1.35. The fourth-order valence-electron chi connectivity index (χ4n) is 2.94. The molecule has 0 bridgehead atoms. The molecule has 1 aliphatic rings. The van der Waals surface area contributed by atoms with Crippen LogP contribution < -0.4 is 5.32 Å². The lowest BCUT2D eigenvalue weighted by Crippen LogP contribution is -2.09. The first-order valence-electron chi connectivity index (χ1n) is 7.47. The summed E-state index contributed by atoms with van der Waals surface area (Å²) in [6.45, 7) is 2.12. The van der Waals surface area contributed by atoms with Gasteiger partial charge in [0.25, 0.3) is 0 Å². The summed E-state index contributed by atoms with van der Waals surface area (Å²) in [5.74, 6) is -0.238. The first kappa shape index (κ1) is 14.6. The molecular weight excluding hydrogens is 329 g/mol. The monoisotopic (exact) mass is 347 g/mol. The van der Waals surface area contributed by atoms with Gasteiger partial charge in [0.15, 0.2) is 0 Å². The summed E-state index contributed by atoms with van der Waals surface area (Å²) in [5.41, 5.74) is 5.04. The van der Waals surface area contributed by atoms with Gasteiger partial charge in [0.1, 0.15) is 5.82 Å². The van der Waals surface area contributed by atoms with Crippen LogP contribution in [0.5, 0.6) is 0 Å². The van der Waals surface area contributed by atoms with Gasteiger partial charge in [-0.2, -0.15) is 0 Å². The van der Waals surface area contributed by atoms with Gasteiger partial charge in [-0.25, -0.2) is 4.39 Å². The maximum absolute atomic E-state index is 13.6. The maximum Gasteiger partial charge on any atom is 0.139 e. The van der Waals surface area contributed by atoms with Crippen LogP contribution in [0.4, 0.5) is 10.1 Å². The van der Waals surface area contributed by atoms with Gasteiger partial charge in [0, 0.05) is 11.7 Å². The molecule has 110 valence electrons. The molecule has 2 aromatic carbocycles. The molecule has 0 aliphatic heterocycles. The molecular formula is C18H19BrFN. The zero-order chi connectivity index (χ0) is 14.8. The number of anilines is 1. The fourth-order valence-corrected chi connectivity index (χ4v) is 3.19. The smallest absolute Gasteiger partial charge is 0.139 e. The predicted molar refractivity (Wildman–Crippen MR) is 89.2 cm³/mol. The van der Waals surface area contributed by atoms with Crippen molar-refractivity contribution in [3.63, 3.8) is 0 Å². The molecule has 1 N–H and O–H groups in total. The molecule has 0 aromatic heterocycles. The summed E-state index contributed by atoms with van der Waals surface area (Å²) in [6.07, 6.45) is 4.98. The van der Waals surface area contributed by atoms with Crippen molar-refractivity contribution in [2.75, 3.05) is 5.32 Å². The van der Waals surface area contributed by atoms with Crippen molar-refractivity contribution in [1.82, 2.24) is 0 Å². The van der Waals surface area contributed by atoms with Gasteiger partial charge >= 0.3 is 0 Å². The van der Waals surface area contributed by atoms with Crippen LogP contribution in [0, 0.1) is 5.82 Å². The van der Waals surface area contributed by atoms with Crippen molar-refractivity contribution >= 4 is 21.6 Å². The van der Waals surface area contributed by atoms with Crippen molar-refractivity contribution in [2.24, 2.45) is 0 Å². The molecule has 0 saturated carbocycles. The van der Waals surface area contributed by atoms with Crippen molar-refractivity contribution in [3.05, 3.63) is 63.4 Å². The van der Waals surface area contributed by atoms with Gasteiger partial charge in [-0.05, 0) is 83.4 Å². The first-order valence-corrected chi connectivity index (χ1v) is 8.26. The Morgan fingerprint density at radius 2 is 1.81 bits per heavy atom. The molecule has 1 unspecified atom stereocenters. The van der Waals surface area contributed by atoms with Crippen molar-refractivity contribution < 1.29 is 4.39 Å². The average Bonchev–Trinajstić information content (AvgIpc) is 2.50. The second kappa shape index (κ2) is 6.18. The van der Waals surface area contributed by atoms with E-state index in [2.05, 4.69) is 46.4 Å². The number of aryl methyl sites for hydroxylation is 2. The molecule has 2 aromatic rings. The van der Waals surface area contributed by atoms with Crippen LogP contribution >= 0.6 is 15.9 Å². The SMILES string of the molecule is CC(Nc1ccc(Br)c(F)c1)c1ccc2c(c1)CCCC2. The summed E-state index contributed by atoms with van der Waals surface area (Å²) in [4.78, 5) is 0. The Kier molecular flexibility index (Phi) is 4.29. The zero-order valence-corrected chi connectivity index (χ0v) is 13.7. The lowest BCUT2D eigenvalue weighted by molar-refractivity contribution is 0.621. The molecule has 0 spiro atoms. The van der Waals surface area contributed by atoms with Crippen LogP contribution in [-0.2, 0) is 12.8 Å². The number of hydrogen-bond donors (Lipinski definition) is 1. The van der Waals surface area contributed by atoms with E-state index >= 15 is 0 Å². The lowest BCUT2D eigenvalue weighted by atomic mass is 9.89. The number of hydrogen-bond acceptors (Lipinski definition) is 1. The largest absolute Gasteiger partial charge is 0.378 e. The Morgan fingerprint density at radius 3 is 2.57 bits per heavy atom. The average molecular weight is 348 g/mol. The number of rotatable bonds is 3. The zero-order valence-electron chi connectivity index (χ0n) is 12.1. The molecule has 0 radical (unpaired) electrons. The summed E-state index contributed by atoms with van der Waals surface area (Å²) in [6, 6.07) is 12.1. The van der Waals surface area contributed by atoms with Crippen molar-refractivity contribution in [2.45, 2.75) is 38.6 Å². The van der Waals surface area contributed by atoms with E-state index in [1.807, 2.05) is 6.07 Å². The third-order valence-corrected chi connectivity index (χ3v) is 4.82. The molecule has 0 saturated heterocycles. The molecule has 1 aliphatic carbocycles. The minimum Gasteiger partial charge on any atom is -0.378 e. The third kappa shape index (κ3) is 3.29. The second-order valence-electron chi connectivity index (χ2n) is 5.73. The highest BCUT2D eigenvalue weighted by Gasteiger charge is 2.12. The van der Waals surface area contributed by atoms with Crippen LogP contribution in [0.25, 0.3) is 0 Å². The molecule has 0 heterocycles. The summed E-state index contributed by atoms with van der Waals surface area (Å²) in [5, 5.41) is 3.37. The van der Waals surface area contributed by atoms with Crippen LogP contribution in [0.2, 0.25) is 0 Å². The normalized spacial score (nSPS) is 15.4.